The van der Waals surface area contributed by atoms with E-state index in [9.17, 15) is 4.79 Å². The topological polar surface area (TPSA) is 71.2 Å². The van der Waals surface area contributed by atoms with Crippen LogP contribution in [0.25, 0.3) is 11.2 Å². The third kappa shape index (κ3) is 6.24. The average molecular weight is 529 g/mol. The second-order valence-electron chi connectivity index (χ2n) is 12.7. The highest BCUT2D eigenvalue weighted by Gasteiger charge is 2.38. The zero-order valence-corrected chi connectivity index (χ0v) is 25.8. The molecule has 9 heteroatoms. The molecule has 0 spiro atoms. The Kier molecular flexibility index (Phi) is 8.20. The molecule has 0 aliphatic heterocycles. The molecule has 0 atom stereocenters. The summed E-state index contributed by atoms with van der Waals surface area (Å²) in [6.45, 7) is 22.6. The molecule has 3 aromatic rings. The lowest BCUT2D eigenvalue weighted by atomic mass is 10.1. The van der Waals surface area contributed by atoms with Crippen LogP contribution in [0.15, 0.2) is 41.5 Å². The molecule has 0 saturated heterocycles. The molecule has 3 rings (SSSR count). The Morgan fingerprint density at radius 1 is 0.833 bits per heavy atom. The summed E-state index contributed by atoms with van der Waals surface area (Å²) < 4.78 is 16.4. The Morgan fingerprint density at radius 3 is 1.94 bits per heavy atom. The fraction of sp³-hybridized carbons (Fsp3) is 0.593. The highest BCUT2D eigenvalue weighted by Crippen LogP contribution is 2.37. The van der Waals surface area contributed by atoms with Gasteiger partial charge in [0.15, 0.2) is 22.3 Å². The molecule has 36 heavy (non-hydrogen) atoms. The van der Waals surface area contributed by atoms with Gasteiger partial charge in [-0.1, -0.05) is 71.9 Å². The number of aromatic nitrogens is 4. The molecule has 198 valence electrons. The molecule has 2 aromatic heterocycles. The highest BCUT2D eigenvalue weighted by atomic mass is 28.4. The van der Waals surface area contributed by atoms with Gasteiger partial charge in [0.25, 0.3) is 0 Å². The molecule has 0 N–H and O–H groups in total. The highest BCUT2D eigenvalue weighted by molar-refractivity contribution is 6.74. The maximum absolute atomic E-state index is 13.4. The van der Waals surface area contributed by atoms with Crippen LogP contribution in [0.5, 0.6) is 0 Å². The van der Waals surface area contributed by atoms with Crippen molar-refractivity contribution in [2.45, 2.75) is 104 Å². The van der Waals surface area contributed by atoms with Crippen LogP contribution >= 0.6 is 0 Å². The number of aryl methyl sites for hydroxylation is 2. The molecule has 2 heterocycles. The van der Waals surface area contributed by atoms with E-state index in [1.54, 1.807) is 10.9 Å². The standard InChI is InChI=1S/C27H44N4O3Si2/c1-26(2,3)35(7,8)33-19-30-18-28-23-22(17-16-21-14-12-11-13-15-21)31(25(32)29-24(23)30)20-34-36(9,10)27(4,5)6/h11-15,18H,16-17,19-20H2,1-10H3. The van der Waals surface area contributed by atoms with Crippen LogP contribution in [0, 0.1) is 0 Å². The molecule has 0 fully saturated rings. The minimum Gasteiger partial charge on any atom is -0.399 e. The van der Waals surface area contributed by atoms with Gasteiger partial charge < -0.3 is 8.85 Å². The number of benzene rings is 1. The molecule has 0 unspecified atom stereocenters. The Morgan fingerprint density at radius 2 is 1.39 bits per heavy atom. The van der Waals surface area contributed by atoms with Crippen molar-refractivity contribution < 1.29 is 8.85 Å². The van der Waals surface area contributed by atoms with Crippen molar-refractivity contribution in [1.82, 2.24) is 19.1 Å². The molecule has 0 amide bonds. The van der Waals surface area contributed by atoms with Crippen molar-refractivity contribution in [3.63, 3.8) is 0 Å². The quantitative estimate of drug-likeness (QED) is 0.303. The summed E-state index contributed by atoms with van der Waals surface area (Å²) in [4.78, 5) is 22.5. The van der Waals surface area contributed by atoms with Crippen molar-refractivity contribution in [2.75, 3.05) is 0 Å². The SMILES string of the molecule is CC(C)(C)[Si](C)(C)OCn1c(CCc2ccccc2)c2ncn(CO[Si](C)(C)C(C)(C)C)c2nc1=O. The monoisotopic (exact) mass is 528 g/mol. The second kappa shape index (κ2) is 10.4. The van der Waals surface area contributed by atoms with Crippen LogP contribution in [0.4, 0.5) is 0 Å². The van der Waals surface area contributed by atoms with Gasteiger partial charge in [-0.2, -0.15) is 4.98 Å². The third-order valence-corrected chi connectivity index (χ3v) is 17.0. The van der Waals surface area contributed by atoms with Crippen LogP contribution in [-0.4, -0.2) is 35.7 Å². The average Bonchev–Trinajstić information content (AvgIpc) is 3.16. The lowest BCUT2D eigenvalue weighted by molar-refractivity contribution is 0.203. The van der Waals surface area contributed by atoms with Gasteiger partial charge in [-0.15, -0.1) is 0 Å². The molecular formula is C27H44N4O3Si2. The van der Waals surface area contributed by atoms with Crippen molar-refractivity contribution in [3.8, 4) is 0 Å². The van der Waals surface area contributed by atoms with E-state index in [2.05, 4.69) is 84.8 Å². The van der Waals surface area contributed by atoms with Gasteiger partial charge in [0.2, 0.25) is 0 Å². The van der Waals surface area contributed by atoms with Crippen LogP contribution in [0.3, 0.4) is 0 Å². The summed E-state index contributed by atoms with van der Waals surface area (Å²) in [5.41, 5.74) is 3.08. The predicted octanol–water partition coefficient (Wildman–Crippen LogP) is 6.34. The van der Waals surface area contributed by atoms with Crippen LogP contribution in [-0.2, 0) is 35.2 Å². The van der Waals surface area contributed by atoms with Gasteiger partial charge in [-0.25, -0.2) is 9.78 Å². The van der Waals surface area contributed by atoms with Crippen LogP contribution < -0.4 is 5.69 Å². The largest absolute Gasteiger partial charge is 0.399 e. The van der Waals surface area contributed by atoms with E-state index in [1.807, 2.05) is 22.8 Å². The Balaban J connectivity index is 2.00. The lowest BCUT2D eigenvalue weighted by Gasteiger charge is -2.36. The lowest BCUT2D eigenvalue weighted by Crippen LogP contribution is -2.43. The number of fused-ring (bicyclic) bond motifs is 1. The first-order valence-electron chi connectivity index (χ1n) is 12.8. The van der Waals surface area contributed by atoms with Crippen molar-refractivity contribution in [2.24, 2.45) is 0 Å². The van der Waals surface area contributed by atoms with E-state index >= 15 is 0 Å². The summed E-state index contributed by atoms with van der Waals surface area (Å²) in [7, 11) is -4.04. The van der Waals surface area contributed by atoms with E-state index in [1.165, 1.54) is 5.56 Å². The van der Waals surface area contributed by atoms with E-state index in [-0.39, 0.29) is 22.5 Å². The third-order valence-electron chi connectivity index (χ3n) is 8.07. The maximum Gasteiger partial charge on any atom is 0.351 e. The first kappa shape index (κ1) is 28.5. The fourth-order valence-corrected chi connectivity index (χ4v) is 5.15. The number of nitrogens with zero attached hydrogens (tertiary/aromatic N) is 4. The zero-order valence-electron chi connectivity index (χ0n) is 23.8. The molecule has 0 aliphatic rings. The number of rotatable bonds is 9. The summed E-state index contributed by atoms with van der Waals surface area (Å²) in [5.74, 6) is 0. The molecule has 1 aromatic carbocycles. The Hall–Kier alpha value is -2.08. The van der Waals surface area contributed by atoms with Crippen molar-refractivity contribution >= 4 is 27.8 Å². The van der Waals surface area contributed by atoms with E-state index in [0.717, 1.165) is 17.6 Å². The van der Waals surface area contributed by atoms with Gasteiger partial charge in [-0.3, -0.25) is 9.13 Å². The van der Waals surface area contributed by atoms with Crippen LogP contribution in [0.1, 0.15) is 52.8 Å². The summed E-state index contributed by atoms with van der Waals surface area (Å²) in [6.07, 6.45) is 3.21. The second-order valence-corrected chi connectivity index (χ2v) is 22.3. The van der Waals surface area contributed by atoms with Crippen molar-refractivity contribution in [3.05, 3.63) is 58.4 Å². The summed E-state index contributed by atoms with van der Waals surface area (Å²) in [5, 5.41) is 0.131. The first-order valence-corrected chi connectivity index (χ1v) is 18.6. The smallest absolute Gasteiger partial charge is 0.351 e. The van der Waals surface area contributed by atoms with Gasteiger partial charge in [-0.05, 0) is 54.7 Å². The van der Waals surface area contributed by atoms with E-state index in [4.69, 9.17) is 13.8 Å². The molecular weight excluding hydrogens is 484 g/mol. The normalized spacial score (nSPS) is 13.5. The number of hydrogen-bond acceptors (Lipinski definition) is 5. The zero-order chi connectivity index (χ0) is 26.9. The van der Waals surface area contributed by atoms with Gasteiger partial charge in [0, 0.05) is 0 Å². The summed E-state index contributed by atoms with van der Waals surface area (Å²) in [6, 6.07) is 10.3. The fourth-order valence-electron chi connectivity index (χ4n) is 3.37. The molecule has 0 saturated carbocycles. The van der Waals surface area contributed by atoms with Gasteiger partial charge >= 0.3 is 5.69 Å². The summed E-state index contributed by atoms with van der Waals surface area (Å²) >= 11 is 0. The Bertz CT molecular complexity index is 1240. The Labute approximate surface area is 218 Å². The number of hydrogen-bond donors (Lipinski definition) is 0. The minimum absolute atomic E-state index is 0.0427. The molecule has 7 nitrogen and oxygen atoms in total. The molecule has 0 bridgehead atoms. The molecule has 0 radical (unpaired) electrons. The maximum atomic E-state index is 13.4. The van der Waals surface area contributed by atoms with Crippen molar-refractivity contribution in [1.29, 1.82) is 0 Å². The first-order chi connectivity index (χ1) is 16.5. The molecule has 0 aliphatic carbocycles. The van der Waals surface area contributed by atoms with E-state index < -0.39 is 16.6 Å². The van der Waals surface area contributed by atoms with Gasteiger partial charge in [0.1, 0.15) is 19.0 Å². The predicted molar refractivity (Wildman–Crippen MR) is 152 cm³/mol. The number of imidazole rings is 1. The minimum atomic E-state index is -2.06. The van der Waals surface area contributed by atoms with Gasteiger partial charge in [0.05, 0.1) is 12.0 Å². The van der Waals surface area contributed by atoms with Crippen LogP contribution in [0.2, 0.25) is 36.3 Å². The van der Waals surface area contributed by atoms with E-state index in [0.29, 0.717) is 18.8 Å².